The van der Waals surface area contributed by atoms with E-state index in [4.69, 9.17) is 5.73 Å². The highest BCUT2D eigenvalue weighted by atomic mass is 32.1. The maximum atomic E-state index is 12.1. The molecule has 3 amide bonds. The van der Waals surface area contributed by atoms with Crippen LogP contribution in [0.25, 0.3) is 0 Å². The van der Waals surface area contributed by atoms with Crippen LogP contribution in [0.5, 0.6) is 0 Å². The lowest BCUT2D eigenvalue weighted by molar-refractivity contribution is -0.119. The van der Waals surface area contributed by atoms with Gasteiger partial charge in [0.1, 0.15) is 21.4 Å². The molecule has 0 unspecified atom stereocenters. The molecule has 0 saturated carbocycles. The van der Waals surface area contributed by atoms with Gasteiger partial charge in [0.15, 0.2) is 0 Å². The van der Waals surface area contributed by atoms with Crippen molar-refractivity contribution in [3.8, 4) is 0 Å². The van der Waals surface area contributed by atoms with Gasteiger partial charge in [-0.05, 0) is 13.0 Å². The van der Waals surface area contributed by atoms with Crippen LogP contribution >= 0.6 is 22.7 Å². The Morgan fingerprint density at radius 3 is 2.04 bits per heavy atom. The van der Waals surface area contributed by atoms with Gasteiger partial charge in [0, 0.05) is 24.2 Å². The van der Waals surface area contributed by atoms with Crippen LogP contribution in [-0.2, 0) is 17.9 Å². The Kier molecular flexibility index (Phi) is 7.63. The van der Waals surface area contributed by atoms with Gasteiger partial charge in [-0.2, -0.15) is 0 Å². The lowest BCUT2D eigenvalue weighted by Gasteiger charge is -2.01. The lowest BCUT2D eigenvalue weighted by Crippen LogP contribution is -2.26. The van der Waals surface area contributed by atoms with E-state index in [9.17, 15) is 14.4 Å². The molecule has 2 aromatic heterocycles. The van der Waals surface area contributed by atoms with Gasteiger partial charge in [-0.1, -0.05) is 0 Å². The van der Waals surface area contributed by atoms with Crippen molar-refractivity contribution in [2.45, 2.75) is 26.4 Å². The Morgan fingerprint density at radius 1 is 0.962 bits per heavy atom. The number of amides is 3. The monoisotopic (exact) mass is 396 g/mol. The highest BCUT2D eigenvalue weighted by Crippen LogP contribution is 2.12. The van der Waals surface area contributed by atoms with Gasteiger partial charge in [-0.15, -0.1) is 22.7 Å². The third kappa shape index (κ3) is 6.17. The minimum atomic E-state index is -0.334. The molecular formula is C15H20N6O3S2. The summed E-state index contributed by atoms with van der Waals surface area (Å²) in [5.41, 5.74) is 5.98. The van der Waals surface area contributed by atoms with Crippen LogP contribution in [0, 0.1) is 0 Å². The van der Waals surface area contributed by atoms with E-state index in [1.807, 2.05) is 0 Å². The lowest BCUT2D eigenvalue weighted by atomic mass is 10.4. The summed E-state index contributed by atoms with van der Waals surface area (Å²) in [7, 11) is 0. The minimum absolute atomic E-state index is 0.155. The third-order valence-corrected chi connectivity index (χ3v) is 4.82. The first-order valence-electron chi connectivity index (χ1n) is 7.89. The molecule has 11 heteroatoms. The van der Waals surface area contributed by atoms with E-state index in [0.717, 1.165) is 0 Å². The molecule has 0 aliphatic heterocycles. The van der Waals surface area contributed by atoms with Gasteiger partial charge in [0.05, 0.1) is 13.1 Å². The zero-order chi connectivity index (χ0) is 18.9. The van der Waals surface area contributed by atoms with Crippen LogP contribution in [0.3, 0.4) is 0 Å². The summed E-state index contributed by atoms with van der Waals surface area (Å²) >= 11 is 2.59. The predicted octanol–water partition coefficient (Wildman–Crippen LogP) is 0.244. The van der Waals surface area contributed by atoms with E-state index >= 15 is 0 Å². The summed E-state index contributed by atoms with van der Waals surface area (Å²) in [5.74, 6) is -0.744. The standard InChI is InChI=1S/C15H20N6O3S2/c1-9(22)18-5-12-21-11(8-25-12)15(24)19-6-13-20-10(7-26-13)14(23)17-4-2-3-16/h7-8H,2-6,16H2,1H3,(H,17,23)(H,18,22)(H,19,24). The largest absolute Gasteiger partial charge is 0.351 e. The summed E-state index contributed by atoms with van der Waals surface area (Å²) in [5, 5.41) is 12.6. The maximum Gasteiger partial charge on any atom is 0.271 e. The van der Waals surface area contributed by atoms with E-state index in [1.54, 1.807) is 10.8 Å². The van der Waals surface area contributed by atoms with Crippen molar-refractivity contribution in [1.29, 1.82) is 0 Å². The number of nitrogens with one attached hydrogen (secondary N) is 3. The van der Waals surface area contributed by atoms with Crippen LogP contribution in [0.15, 0.2) is 10.8 Å². The zero-order valence-corrected chi connectivity index (χ0v) is 15.8. The average Bonchev–Trinajstić information content (AvgIpc) is 3.27. The molecule has 2 rings (SSSR count). The number of thiazole rings is 2. The molecule has 0 spiro atoms. The fourth-order valence-electron chi connectivity index (χ4n) is 1.83. The smallest absolute Gasteiger partial charge is 0.271 e. The normalized spacial score (nSPS) is 10.4. The number of nitrogens with two attached hydrogens (primary N) is 1. The van der Waals surface area contributed by atoms with Crippen LogP contribution < -0.4 is 21.7 Å². The van der Waals surface area contributed by atoms with Gasteiger partial charge < -0.3 is 21.7 Å². The second-order valence-corrected chi connectivity index (χ2v) is 7.13. The first-order valence-corrected chi connectivity index (χ1v) is 9.65. The molecule has 140 valence electrons. The highest BCUT2D eigenvalue weighted by Gasteiger charge is 2.13. The molecule has 26 heavy (non-hydrogen) atoms. The van der Waals surface area contributed by atoms with Gasteiger partial charge >= 0.3 is 0 Å². The van der Waals surface area contributed by atoms with E-state index in [-0.39, 0.29) is 30.0 Å². The molecule has 2 aromatic rings. The Morgan fingerprint density at radius 2 is 1.50 bits per heavy atom. The number of rotatable bonds is 9. The summed E-state index contributed by atoms with van der Waals surface area (Å²) in [4.78, 5) is 43.2. The quantitative estimate of drug-likeness (QED) is 0.448. The van der Waals surface area contributed by atoms with Crippen LogP contribution in [0.4, 0.5) is 0 Å². The Hall–Kier alpha value is -2.37. The molecule has 0 bridgehead atoms. The number of aromatic nitrogens is 2. The van der Waals surface area contributed by atoms with Gasteiger partial charge in [0.25, 0.3) is 11.8 Å². The van der Waals surface area contributed by atoms with Crippen molar-refractivity contribution < 1.29 is 14.4 Å². The Bertz CT molecular complexity index is 773. The average molecular weight is 396 g/mol. The number of hydrogen-bond acceptors (Lipinski definition) is 8. The Labute approximate surface area is 158 Å². The second kappa shape index (κ2) is 9.94. The van der Waals surface area contributed by atoms with Gasteiger partial charge in [0.2, 0.25) is 5.91 Å². The zero-order valence-electron chi connectivity index (χ0n) is 14.2. The summed E-state index contributed by atoms with van der Waals surface area (Å²) in [6.45, 7) is 2.93. The molecular weight excluding hydrogens is 376 g/mol. The highest BCUT2D eigenvalue weighted by molar-refractivity contribution is 7.10. The van der Waals surface area contributed by atoms with E-state index in [1.165, 1.54) is 29.6 Å². The van der Waals surface area contributed by atoms with E-state index in [0.29, 0.717) is 41.8 Å². The molecule has 0 radical (unpaired) electrons. The third-order valence-electron chi connectivity index (χ3n) is 3.12. The molecule has 0 saturated heterocycles. The van der Waals surface area contributed by atoms with E-state index < -0.39 is 0 Å². The van der Waals surface area contributed by atoms with Crippen LogP contribution in [0.2, 0.25) is 0 Å². The molecule has 0 aliphatic rings. The van der Waals surface area contributed by atoms with Crippen LogP contribution in [0.1, 0.15) is 44.3 Å². The van der Waals surface area contributed by atoms with Crippen molar-refractivity contribution in [2.75, 3.05) is 13.1 Å². The SMILES string of the molecule is CC(=O)NCc1nc(C(=O)NCc2nc(C(=O)NCCCN)cs2)cs1. The minimum Gasteiger partial charge on any atom is -0.351 e. The fraction of sp³-hybridized carbons (Fsp3) is 0.400. The number of nitrogens with zero attached hydrogens (tertiary/aromatic N) is 2. The summed E-state index contributed by atoms with van der Waals surface area (Å²) in [6, 6.07) is 0. The first-order chi connectivity index (χ1) is 12.5. The van der Waals surface area contributed by atoms with Crippen molar-refractivity contribution >= 4 is 40.4 Å². The van der Waals surface area contributed by atoms with E-state index in [2.05, 4.69) is 25.9 Å². The number of carbonyl (C=O) groups is 3. The molecule has 0 aliphatic carbocycles. The molecule has 9 nitrogen and oxygen atoms in total. The summed E-state index contributed by atoms with van der Waals surface area (Å²) in [6.07, 6.45) is 0.705. The molecule has 0 atom stereocenters. The number of carbonyl (C=O) groups excluding carboxylic acids is 3. The first kappa shape index (κ1) is 19.9. The maximum absolute atomic E-state index is 12.1. The van der Waals surface area contributed by atoms with Crippen molar-refractivity contribution in [3.05, 3.63) is 32.2 Å². The van der Waals surface area contributed by atoms with Crippen molar-refractivity contribution in [3.63, 3.8) is 0 Å². The number of hydrogen-bond donors (Lipinski definition) is 4. The van der Waals surface area contributed by atoms with Crippen molar-refractivity contribution in [2.24, 2.45) is 5.73 Å². The second-order valence-electron chi connectivity index (χ2n) is 5.24. The van der Waals surface area contributed by atoms with Gasteiger partial charge in [-0.3, -0.25) is 14.4 Å². The van der Waals surface area contributed by atoms with Crippen molar-refractivity contribution in [1.82, 2.24) is 25.9 Å². The Balaban J connectivity index is 1.82. The van der Waals surface area contributed by atoms with Crippen LogP contribution in [-0.4, -0.2) is 40.8 Å². The molecule has 2 heterocycles. The molecule has 0 fully saturated rings. The van der Waals surface area contributed by atoms with Gasteiger partial charge in [-0.25, -0.2) is 9.97 Å². The molecule has 0 aromatic carbocycles. The topological polar surface area (TPSA) is 139 Å². The summed E-state index contributed by atoms with van der Waals surface area (Å²) < 4.78 is 0. The predicted molar refractivity (Wildman–Crippen MR) is 98.9 cm³/mol. The molecule has 5 N–H and O–H groups in total. The fourth-order valence-corrected chi connectivity index (χ4v) is 3.26.